The summed E-state index contributed by atoms with van der Waals surface area (Å²) in [6.07, 6.45) is 2.63. The van der Waals surface area contributed by atoms with Gasteiger partial charge in [-0.1, -0.05) is 13.0 Å². The third kappa shape index (κ3) is 3.21. The minimum atomic E-state index is -0.421. The number of benzene rings is 1. The van der Waals surface area contributed by atoms with Crippen molar-refractivity contribution in [1.82, 2.24) is 10.3 Å². The molecule has 2 rings (SSSR count). The fourth-order valence-corrected chi connectivity index (χ4v) is 1.86. The molecular weight excluding hydrogens is 258 g/mol. The van der Waals surface area contributed by atoms with Gasteiger partial charge in [0.15, 0.2) is 0 Å². The first-order valence-electron chi connectivity index (χ1n) is 6.52. The van der Waals surface area contributed by atoms with E-state index in [0.29, 0.717) is 18.0 Å². The zero-order valence-corrected chi connectivity index (χ0v) is 11.5. The number of hydrogen-bond acceptors (Lipinski definition) is 5. The third-order valence-electron chi connectivity index (χ3n) is 2.95. The molecule has 6 heteroatoms. The Bertz CT molecular complexity index is 607. The van der Waals surface area contributed by atoms with Gasteiger partial charge in [0.1, 0.15) is 6.26 Å². The Morgan fingerprint density at radius 2 is 2.25 bits per heavy atom. The predicted molar refractivity (Wildman–Crippen MR) is 75.3 cm³/mol. The molecule has 2 aromatic rings. The van der Waals surface area contributed by atoms with Crippen molar-refractivity contribution >= 4 is 5.69 Å². The molecule has 0 fully saturated rings. The molecule has 1 aromatic carbocycles. The van der Waals surface area contributed by atoms with Crippen LogP contribution in [0.3, 0.4) is 0 Å². The standard InChI is InChI=1S/C14H17N3O3/c1-3-6-15-8-11-9-20-14(16-11)13-7-12(17(18)19)5-4-10(13)2/h4-5,7,9,15H,3,6,8H2,1-2H3. The van der Waals surface area contributed by atoms with Crippen molar-refractivity contribution < 1.29 is 9.34 Å². The number of nitrogens with zero attached hydrogens (tertiary/aromatic N) is 2. The second kappa shape index (κ2) is 6.29. The molecule has 0 atom stereocenters. The van der Waals surface area contributed by atoms with Crippen molar-refractivity contribution in [3.63, 3.8) is 0 Å². The molecule has 1 aromatic heterocycles. The molecule has 0 aliphatic carbocycles. The van der Waals surface area contributed by atoms with E-state index < -0.39 is 4.92 Å². The first kappa shape index (κ1) is 14.2. The van der Waals surface area contributed by atoms with Gasteiger partial charge in [0.05, 0.1) is 10.6 Å². The summed E-state index contributed by atoms with van der Waals surface area (Å²) in [5, 5.41) is 14.0. The van der Waals surface area contributed by atoms with E-state index in [-0.39, 0.29) is 5.69 Å². The summed E-state index contributed by atoms with van der Waals surface area (Å²) in [6.45, 7) is 5.51. The molecule has 0 aliphatic heterocycles. The van der Waals surface area contributed by atoms with Crippen LogP contribution in [0.15, 0.2) is 28.9 Å². The van der Waals surface area contributed by atoms with Gasteiger partial charge in [0.2, 0.25) is 5.89 Å². The maximum absolute atomic E-state index is 10.8. The van der Waals surface area contributed by atoms with Gasteiger partial charge in [0.25, 0.3) is 5.69 Å². The number of rotatable bonds is 6. The molecule has 0 saturated carbocycles. The number of hydrogen-bond donors (Lipinski definition) is 1. The monoisotopic (exact) mass is 275 g/mol. The lowest BCUT2D eigenvalue weighted by Gasteiger charge is -2.01. The summed E-state index contributed by atoms with van der Waals surface area (Å²) in [6, 6.07) is 4.67. The van der Waals surface area contributed by atoms with Gasteiger partial charge in [-0.2, -0.15) is 0 Å². The van der Waals surface area contributed by atoms with Gasteiger partial charge < -0.3 is 9.73 Å². The zero-order chi connectivity index (χ0) is 14.5. The fraction of sp³-hybridized carbons (Fsp3) is 0.357. The van der Waals surface area contributed by atoms with E-state index in [9.17, 15) is 10.1 Å². The minimum Gasteiger partial charge on any atom is -0.444 e. The predicted octanol–water partition coefficient (Wildman–Crippen LogP) is 3.06. The summed E-state index contributed by atoms with van der Waals surface area (Å²) in [4.78, 5) is 14.8. The van der Waals surface area contributed by atoms with Crippen LogP contribution in [0.1, 0.15) is 24.6 Å². The normalized spacial score (nSPS) is 10.7. The molecule has 0 unspecified atom stereocenters. The van der Waals surface area contributed by atoms with E-state index in [1.165, 1.54) is 12.1 Å². The largest absolute Gasteiger partial charge is 0.444 e. The molecule has 0 radical (unpaired) electrons. The van der Waals surface area contributed by atoms with Crippen LogP contribution in [-0.4, -0.2) is 16.5 Å². The highest BCUT2D eigenvalue weighted by Gasteiger charge is 2.14. The highest BCUT2D eigenvalue weighted by molar-refractivity contribution is 5.62. The number of aryl methyl sites for hydroxylation is 1. The summed E-state index contributed by atoms with van der Waals surface area (Å²) in [7, 11) is 0. The Balaban J connectivity index is 2.23. The molecule has 0 aliphatic rings. The van der Waals surface area contributed by atoms with Crippen LogP contribution in [0.25, 0.3) is 11.5 Å². The van der Waals surface area contributed by atoms with Crippen molar-refractivity contribution in [2.24, 2.45) is 0 Å². The molecule has 0 spiro atoms. The topological polar surface area (TPSA) is 81.2 Å². The Labute approximate surface area is 117 Å². The Morgan fingerprint density at radius 3 is 2.95 bits per heavy atom. The van der Waals surface area contributed by atoms with Gasteiger partial charge in [-0.05, 0) is 25.5 Å². The molecule has 0 saturated heterocycles. The quantitative estimate of drug-likeness (QED) is 0.498. The van der Waals surface area contributed by atoms with Crippen molar-refractivity contribution in [3.8, 4) is 11.5 Å². The van der Waals surface area contributed by atoms with Crippen LogP contribution >= 0.6 is 0 Å². The summed E-state index contributed by atoms with van der Waals surface area (Å²) in [5.41, 5.74) is 2.38. The van der Waals surface area contributed by atoms with Crippen LogP contribution < -0.4 is 5.32 Å². The highest BCUT2D eigenvalue weighted by atomic mass is 16.6. The van der Waals surface area contributed by atoms with Crippen molar-refractivity contribution in [2.75, 3.05) is 6.54 Å². The lowest BCUT2D eigenvalue weighted by atomic mass is 10.1. The summed E-state index contributed by atoms with van der Waals surface area (Å²) < 4.78 is 5.42. The number of oxazole rings is 1. The van der Waals surface area contributed by atoms with Crippen LogP contribution in [0.2, 0.25) is 0 Å². The van der Waals surface area contributed by atoms with E-state index in [1.807, 2.05) is 6.92 Å². The summed E-state index contributed by atoms with van der Waals surface area (Å²) >= 11 is 0. The lowest BCUT2D eigenvalue weighted by molar-refractivity contribution is -0.384. The van der Waals surface area contributed by atoms with Crippen molar-refractivity contribution in [1.29, 1.82) is 0 Å². The van der Waals surface area contributed by atoms with E-state index in [0.717, 1.165) is 24.2 Å². The zero-order valence-electron chi connectivity index (χ0n) is 11.5. The van der Waals surface area contributed by atoms with Crippen LogP contribution in [-0.2, 0) is 6.54 Å². The van der Waals surface area contributed by atoms with E-state index in [1.54, 1.807) is 12.3 Å². The van der Waals surface area contributed by atoms with E-state index in [2.05, 4.69) is 17.2 Å². The number of non-ortho nitro benzene ring substituents is 1. The molecule has 106 valence electrons. The Kier molecular flexibility index (Phi) is 4.47. The third-order valence-corrected chi connectivity index (χ3v) is 2.95. The van der Waals surface area contributed by atoms with Crippen LogP contribution in [0, 0.1) is 17.0 Å². The van der Waals surface area contributed by atoms with Crippen LogP contribution in [0.4, 0.5) is 5.69 Å². The first-order chi connectivity index (χ1) is 9.61. The van der Waals surface area contributed by atoms with Crippen LogP contribution in [0.5, 0.6) is 0 Å². The molecule has 0 bridgehead atoms. The maximum Gasteiger partial charge on any atom is 0.270 e. The number of nitrogens with one attached hydrogen (secondary N) is 1. The van der Waals surface area contributed by atoms with E-state index in [4.69, 9.17) is 4.42 Å². The molecular formula is C14H17N3O3. The van der Waals surface area contributed by atoms with Gasteiger partial charge in [0, 0.05) is 24.2 Å². The number of nitro benzene ring substituents is 1. The minimum absolute atomic E-state index is 0.0365. The molecule has 0 amide bonds. The van der Waals surface area contributed by atoms with Gasteiger partial charge >= 0.3 is 0 Å². The first-order valence-corrected chi connectivity index (χ1v) is 6.52. The second-order valence-electron chi connectivity index (χ2n) is 4.58. The average molecular weight is 275 g/mol. The SMILES string of the molecule is CCCNCc1coc(-c2cc([N+](=O)[O-])ccc2C)n1. The Morgan fingerprint density at radius 1 is 1.45 bits per heavy atom. The van der Waals surface area contributed by atoms with Crippen molar-refractivity contribution in [2.45, 2.75) is 26.8 Å². The number of aromatic nitrogens is 1. The van der Waals surface area contributed by atoms with Gasteiger partial charge in [-0.3, -0.25) is 10.1 Å². The smallest absolute Gasteiger partial charge is 0.270 e. The fourth-order valence-electron chi connectivity index (χ4n) is 1.86. The van der Waals surface area contributed by atoms with Gasteiger partial charge in [-0.15, -0.1) is 0 Å². The Hall–Kier alpha value is -2.21. The molecule has 6 nitrogen and oxygen atoms in total. The highest BCUT2D eigenvalue weighted by Crippen LogP contribution is 2.27. The summed E-state index contributed by atoms with van der Waals surface area (Å²) in [5.74, 6) is 0.416. The van der Waals surface area contributed by atoms with Crippen molar-refractivity contribution in [3.05, 3.63) is 45.8 Å². The second-order valence-corrected chi connectivity index (χ2v) is 4.58. The average Bonchev–Trinajstić information content (AvgIpc) is 2.88. The molecule has 1 heterocycles. The molecule has 1 N–H and O–H groups in total. The maximum atomic E-state index is 10.8. The van der Waals surface area contributed by atoms with Gasteiger partial charge in [-0.25, -0.2) is 4.98 Å². The number of nitro groups is 1. The van der Waals surface area contributed by atoms with E-state index >= 15 is 0 Å². The molecule has 20 heavy (non-hydrogen) atoms. The lowest BCUT2D eigenvalue weighted by Crippen LogP contribution is -2.13.